The van der Waals surface area contributed by atoms with Crippen LogP contribution in [0.5, 0.6) is 0 Å². The molecule has 0 aliphatic rings. The van der Waals surface area contributed by atoms with Gasteiger partial charge in [-0.1, -0.05) is 30.3 Å². The van der Waals surface area contributed by atoms with Crippen LogP contribution in [-0.2, 0) is 0 Å². The highest BCUT2D eigenvalue weighted by Crippen LogP contribution is 2.15. The minimum Gasteiger partial charge on any atom is -0.456 e. The number of halogens is 1. The van der Waals surface area contributed by atoms with E-state index < -0.39 is 0 Å². The molecule has 1 atom stereocenters. The smallest absolute Gasteiger partial charge is 0.287 e. The molecule has 1 aromatic heterocycles. The Balaban J connectivity index is 2.10. The summed E-state index contributed by atoms with van der Waals surface area (Å²) in [5.74, 6) is 1.08. The Kier molecular flexibility index (Phi) is 4.05. The minimum absolute atomic E-state index is 0.217. The number of benzene rings is 1. The van der Waals surface area contributed by atoms with Gasteiger partial charge in [-0.05, 0) is 24.6 Å². The molecule has 0 saturated carbocycles. The number of aryl methyl sites for hydroxylation is 1. The van der Waals surface area contributed by atoms with Crippen molar-refractivity contribution in [3.63, 3.8) is 0 Å². The van der Waals surface area contributed by atoms with Crippen LogP contribution in [-0.4, -0.2) is 11.8 Å². The van der Waals surface area contributed by atoms with Crippen LogP contribution in [0, 0.1) is 6.92 Å². The lowest BCUT2D eigenvalue weighted by Gasteiger charge is -2.15. The lowest BCUT2D eigenvalue weighted by atomic mass is 10.1. The lowest BCUT2D eigenvalue weighted by molar-refractivity contribution is 0.0911. The van der Waals surface area contributed by atoms with Gasteiger partial charge in [0.05, 0.1) is 6.04 Å². The number of hydrogen-bond donors (Lipinski definition) is 1. The highest BCUT2D eigenvalue weighted by atomic mass is 35.5. The summed E-state index contributed by atoms with van der Waals surface area (Å²) in [6.45, 7) is 1.80. The molecular weight excluding hydrogens is 250 g/mol. The van der Waals surface area contributed by atoms with Gasteiger partial charge in [0.2, 0.25) is 0 Å². The zero-order valence-corrected chi connectivity index (χ0v) is 10.8. The van der Waals surface area contributed by atoms with Gasteiger partial charge >= 0.3 is 0 Å². The number of rotatable bonds is 4. The third kappa shape index (κ3) is 2.93. The molecule has 1 heterocycles. The predicted octanol–water partition coefficient (Wildman–Crippen LogP) is 3.30. The molecule has 1 amide bonds. The van der Waals surface area contributed by atoms with Crippen molar-refractivity contribution < 1.29 is 9.21 Å². The number of alkyl halides is 1. The molecule has 0 aliphatic heterocycles. The van der Waals surface area contributed by atoms with E-state index in [2.05, 4.69) is 5.32 Å². The Hall–Kier alpha value is -1.74. The zero-order valence-electron chi connectivity index (χ0n) is 10.0. The van der Waals surface area contributed by atoms with Gasteiger partial charge in [0.25, 0.3) is 5.91 Å². The quantitative estimate of drug-likeness (QED) is 0.860. The fourth-order valence-corrected chi connectivity index (χ4v) is 1.94. The van der Waals surface area contributed by atoms with Gasteiger partial charge in [0.1, 0.15) is 5.76 Å². The number of nitrogens with one attached hydrogen (secondary N) is 1. The predicted molar refractivity (Wildman–Crippen MR) is 70.8 cm³/mol. The molecule has 0 fully saturated rings. The summed E-state index contributed by atoms with van der Waals surface area (Å²) in [6.07, 6.45) is 0. The number of carbonyl (C=O) groups excluding carboxylic acids is 1. The molecule has 0 bridgehead atoms. The first kappa shape index (κ1) is 12.7. The van der Waals surface area contributed by atoms with E-state index in [1.807, 2.05) is 30.3 Å². The molecule has 0 spiro atoms. The second-order valence-corrected chi connectivity index (χ2v) is 4.31. The van der Waals surface area contributed by atoms with E-state index in [4.69, 9.17) is 16.0 Å². The van der Waals surface area contributed by atoms with Gasteiger partial charge in [-0.3, -0.25) is 4.79 Å². The van der Waals surface area contributed by atoms with Crippen LogP contribution in [0.3, 0.4) is 0 Å². The molecule has 4 heteroatoms. The van der Waals surface area contributed by atoms with Crippen molar-refractivity contribution in [2.45, 2.75) is 13.0 Å². The third-order valence-corrected chi connectivity index (χ3v) is 2.93. The fraction of sp³-hybridized carbons (Fsp3) is 0.214. The molecule has 3 nitrogen and oxygen atoms in total. The first-order valence-electron chi connectivity index (χ1n) is 5.69. The molecule has 0 saturated heterocycles. The van der Waals surface area contributed by atoms with Crippen molar-refractivity contribution in [3.8, 4) is 0 Å². The van der Waals surface area contributed by atoms with Crippen molar-refractivity contribution >= 4 is 17.5 Å². The van der Waals surface area contributed by atoms with E-state index in [1.54, 1.807) is 19.1 Å². The molecular formula is C14H14ClNO2. The highest BCUT2D eigenvalue weighted by Gasteiger charge is 2.16. The molecule has 0 aliphatic carbocycles. The summed E-state index contributed by atoms with van der Waals surface area (Å²) < 4.78 is 5.27. The zero-order chi connectivity index (χ0) is 13.0. The maximum absolute atomic E-state index is 11.9. The van der Waals surface area contributed by atoms with E-state index in [-0.39, 0.29) is 11.9 Å². The second kappa shape index (κ2) is 5.74. The van der Waals surface area contributed by atoms with Gasteiger partial charge in [-0.15, -0.1) is 11.6 Å². The number of amides is 1. The largest absolute Gasteiger partial charge is 0.456 e. The first-order chi connectivity index (χ1) is 8.70. The van der Waals surface area contributed by atoms with Crippen LogP contribution in [0.15, 0.2) is 46.9 Å². The van der Waals surface area contributed by atoms with Crippen LogP contribution in [0.25, 0.3) is 0 Å². The van der Waals surface area contributed by atoms with Crippen molar-refractivity contribution in [1.29, 1.82) is 0 Å². The van der Waals surface area contributed by atoms with Gasteiger partial charge in [0, 0.05) is 5.88 Å². The maximum Gasteiger partial charge on any atom is 0.287 e. The average Bonchev–Trinajstić information content (AvgIpc) is 2.83. The first-order valence-corrected chi connectivity index (χ1v) is 6.22. The topological polar surface area (TPSA) is 42.2 Å². The van der Waals surface area contributed by atoms with E-state index in [0.29, 0.717) is 17.4 Å². The van der Waals surface area contributed by atoms with Crippen LogP contribution in [0.1, 0.15) is 27.9 Å². The minimum atomic E-state index is -0.252. The van der Waals surface area contributed by atoms with Crippen molar-refractivity contribution in [3.05, 3.63) is 59.5 Å². The molecule has 1 N–H and O–H groups in total. The van der Waals surface area contributed by atoms with Gasteiger partial charge in [-0.25, -0.2) is 0 Å². The van der Waals surface area contributed by atoms with Crippen molar-refractivity contribution in [2.75, 3.05) is 5.88 Å². The Morgan fingerprint density at radius 1 is 1.28 bits per heavy atom. The lowest BCUT2D eigenvalue weighted by Crippen LogP contribution is -2.29. The molecule has 1 aromatic carbocycles. The molecule has 1 unspecified atom stereocenters. The Labute approximate surface area is 111 Å². The fourth-order valence-electron chi connectivity index (χ4n) is 1.68. The average molecular weight is 264 g/mol. The van der Waals surface area contributed by atoms with E-state index in [1.165, 1.54) is 0 Å². The molecule has 0 radical (unpaired) electrons. The number of carbonyl (C=O) groups is 1. The van der Waals surface area contributed by atoms with Gasteiger partial charge in [0.15, 0.2) is 5.76 Å². The summed E-state index contributed by atoms with van der Waals surface area (Å²) in [7, 11) is 0. The Morgan fingerprint density at radius 3 is 2.56 bits per heavy atom. The van der Waals surface area contributed by atoms with Crippen LogP contribution >= 0.6 is 11.6 Å². The molecule has 18 heavy (non-hydrogen) atoms. The van der Waals surface area contributed by atoms with Crippen LogP contribution < -0.4 is 5.32 Å². The summed E-state index contributed by atoms with van der Waals surface area (Å²) in [6, 6.07) is 12.8. The maximum atomic E-state index is 11.9. The summed E-state index contributed by atoms with van der Waals surface area (Å²) in [4.78, 5) is 11.9. The summed E-state index contributed by atoms with van der Waals surface area (Å²) in [5, 5.41) is 2.85. The standard InChI is InChI=1S/C14H14ClNO2/c1-10-7-8-13(18-10)14(17)16-12(9-15)11-5-3-2-4-6-11/h2-8,12H,9H2,1H3,(H,16,17). The van der Waals surface area contributed by atoms with Gasteiger partial charge < -0.3 is 9.73 Å². The summed E-state index contributed by atoms with van der Waals surface area (Å²) >= 11 is 5.89. The second-order valence-electron chi connectivity index (χ2n) is 4.00. The summed E-state index contributed by atoms with van der Waals surface area (Å²) in [5.41, 5.74) is 0.976. The normalized spacial score (nSPS) is 12.1. The molecule has 2 aromatic rings. The van der Waals surface area contributed by atoms with Crippen molar-refractivity contribution in [1.82, 2.24) is 5.32 Å². The molecule has 2 rings (SSSR count). The molecule has 94 valence electrons. The Bertz CT molecular complexity index is 522. The highest BCUT2D eigenvalue weighted by molar-refractivity contribution is 6.18. The van der Waals surface area contributed by atoms with Gasteiger partial charge in [-0.2, -0.15) is 0 Å². The van der Waals surface area contributed by atoms with Crippen LogP contribution in [0.4, 0.5) is 0 Å². The Morgan fingerprint density at radius 2 is 2.00 bits per heavy atom. The monoisotopic (exact) mass is 263 g/mol. The van der Waals surface area contributed by atoms with E-state index >= 15 is 0 Å². The SMILES string of the molecule is Cc1ccc(C(=O)NC(CCl)c2ccccc2)o1. The third-order valence-electron chi connectivity index (χ3n) is 2.63. The number of furan rings is 1. The number of hydrogen-bond acceptors (Lipinski definition) is 2. The van der Waals surface area contributed by atoms with Crippen LogP contribution in [0.2, 0.25) is 0 Å². The van der Waals surface area contributed by atoms with E-state index in [0.717, 1.165) is 5.56 Å². The van der Waals surface area contributed by atoms with E-state index in [9.17, 15) is 4.79 Å². The van der Waals surface area contributed by atoms with Crippen molar-refractivity contribution in [2.24, 2.45) is 0 Å².